The first-order valence-corrected chi connectivity index (χ1v) is 8.06. The van der Waals surface area contributed by atoms with Crippen LogP contribution in [0.4, 0.5) is 0 Å². The first-order chi connectivity index (χ1) is 8.74. The number of rotatable bonds is 6. The summed E-state index contributed by atoms with van der Waals surface area (Å²) in [5.41, 5.74) is 1.82. The average molecular weight is 284 g/mol. The molecule has 0 spiro atoms. The van der Waals surface area contributed by atoms with Crippen LogP contribution in [0.15, 0.2) is 23.1 Å². The van der Waals surface area contributed by atoms with Crippen molar-refractivity contribution in [1.82, 2.24) is 10.0 Å². The van der Waals surface area contributed by atoms with E-state index in [9.17, 15) is 8.42 Å². The van der Waals surface area contributed by atoms with Crippen molar-refractivity contribution in [2.24, 2.45) is 0 Å². The van der Waals surface area contributed by atoms with Gasteiger partial charge in [0.1, 0.15) is 0 Å². The summed E-state index contributed by atoms with van der Waals surface area (Å²) in [6.45, 7) is 10.3. The smallest absolute Gasteiger partial charge is 0.241 e. The molecule has 0 aromatic heterocycles. The fourth-order valence-corrected chi connectivity index (χ4v) is 3.37. The fourth-order valence-electron chi connectivity index (χ4n) is 1.83. The second kappa shape index (κ2) is 6.50. The number of benzene rings is 1. The van der Waals surface area contributed by atoms with Crippen LogP contribution < -0.4 is 10.0 Å². The van der Waals surface area contributed by atoms with Gasteiger partial charge in [-0.2, -0.15) is 0 Å². The Balaban J connectivity index is 3.07. The molecular formula is C14H24N2O2S. The van der Waals surface area contributed by atoms with E-state index >= 15 is 0 Å². The number of hydrogen-bond donors (Lipinski definition) is 2. The Morgan fingerprint density at radius 2 is 1.74 bits per heavy atom. The van der Waals surface area contributed by atoms with Crippen LogP contribution in [0.5, 0.6) is 0 Å². The Bertz CT molecular complexity index is 522. The lowest BCUT2D eigenvalue weighted by Gasteiger charge is -2.15. The molecule has 0 bridgehead atoms. The maximum absolute atomic E-state index is 12.2. The minimum absolute atomic E-state index is 0.109. The van der Waals surface area contributed by atoms with Crippen LogP contribution >= 0.6 is 0 Å². The highest BCUT2D eigenvalue weighted by Gasteiger charge is 2.19. The SMILES string of the molecule is Cc1c(CNC(C)C)cccc1S(=O)(=O)NC(C)C. The maximum Gasteiger partial charge on any atom is 0.241 e. The van der Waals surface area contributed by atoms with E-state index in [1.54, 1.807) is 12.1 Å². The Kier molecular flexibility index (Phi) is 5.52. The molecule has 0 unspecified atom stereocenters. The summed E-state index contributed by atoms with van der Waals surface area (Å²) in [6, 6.07) is 5.66. The molecule has 1 aromatic rings. The fraction of sp³-hybridized carbons (Fsp3) is 0.571. The van der Waals surface area contributed by atoms with Crippen molar-refractivity contribution in [1.29, 1.82) is 0 Å². The predicted molar refractivity (Wildman–Crippen MR) is 78.6 cm³/mol. The van der Waals surface area contributed by atoms with Crippen molar-refractivity contribution in [3.8, 4) is 0 Å². The van der Waals surface area contributed by atoms with Crippen molar-refractivity contribution in [2.75, 3.05) is 0 Å². The summed E-state index contributed by atoms with van der Waals surface area (Å²) in [5.74, 6) is 0. The Hall–Kier alpha value is -0.910. The summed E-state index contributed by atoms with van der Waals surface area (Å²) >= 11 is 0. The Labute approximate surface area is 116 Å². The van der Waals surface area contributed by atoms with E-state index in [1.807, 2.05) is 26.8 Å². The minimum Gasteiger partial charge on any atom is -0.310 e. The molecule has 0 amide bonds. The third-order valence-electron chi connectivity index (χ3n) is 2.78. The molecule has 19 heavy (non-hydrogen) atoms. The van der Waals surface area contributed by atoms with Gasteiger partial charge < -0.3 is 5.32 Å². The molecule has 108 valence electrons. The molecule has 0 saturated carbocycles. The molecule has 0 radical (unpaired) electrons. The molecule has 0 aliphatic rings. The van der Waals surface area contributed by atoms with Gasteiger partial charge in [0.15, 0.2) is 0 Å². The molecule has 1 rings (SSSR count). The second-order valence-electron chi connectivity index (χ2n) is 5.35. The van der Waals surface area contributed by atoms with Gasteiger partial charge >= 0.3 is 0 Å². The summed E-state index contributed by atoms with van der Waals surface area (Å²) in [4.78, 5) is 0.365. The zero-order valence-corrected chi connectivity index (χ0v) is 13.1. The largest absolute Gasteiger partial charge is 0.310 e. The third-order valence-corrected chi connectivity index (χ3v) is 4.58. The summed E-state index contributed by atoms with van der Waals surface area (Å²) in [5, 5.41) is 3.31. The van der Waals surface area contributed by atoms with Crippen LogP contribution in [0.3, 0.4) is 0 Å². The number of nitrogens with one attached hydrogen (secondary N) is 2. The van der Waals surface area contributed by atoms with Crippen LogP contribution in [0, 0.1) is 6.92 Å². The predicted octanol–water partition coefficient (Wildman–Crippen LogP) is 2.18. The van der Waals surface area contributed by atoms with E-state index in [-0.39, 0.29) is 6.04 Å². The van der Waals surface area contributed by atoms with Crippen molar-refractivity contribution in [3.05, 3.63) is 29.3 Å². The van der Waals surface area contributed by atoms with Crippen LogP contribution in [0.1, 0.15) is 38.8 Å². The molecule has 0 aliphatic carbocycles. The Morgan fingerprint density at radius 3 is 2.26 bits per heavy atom. The topological polar surface area (TPSA) is 58.2 Å². The van der Waals surface area contributed by atoms with Gasteiger partial charge in [-0.1, -0.05) is 26.0 Å². The summed E-state index contributed by atoms with van der Waals surface area (Å²) in [7, 11) is -3.43. The molecule has 4 nitrogen and oxygen atoms in total. The van der Waals surface area contributed by atoms with E-state index in [1.165, 1.54) is 0 Å². The first kappa shape index (κ1) is 16.1. The van der Waals surface area contributed by atoms with Gasteiger partial charge in [0.2, 0.25) is 10.0 Å². The van der Waals surface area contributed by atoms with Gasteiger partial charge in [-0.15, -0.1) is 0 Å². The van der Waals surface area contributed by atoms with E-state index in [4.69, 9.17) is 0 Å². The molecule has 2 N–H and O–H groups in total. The molecule has 0 atom stereocenters. The third kappa shape index (κ3) is 4.60. The Morgan fingerprint density at radius 1 is 1.11 bits per heavy atom. The van der Waals surface area contributed by atoms with Crippen molar-refractivity contribution in [2.45, 2.75) is 58.1 Å². The van der Waals surface area contributed by atoms with Crippen LogP contribution in [-0.2, 0) is 16.6 Å². The molecule has 0 saturated heterocycles. The zero-order valence-electron chi connectivity index (χ0n) is 12.3. The van der Waals surface area contributed by atoms with Gasteiger partial charge in [0.05, 0.1) is 4.90 Å². The van der Waals surface area contributed by atoms with Crippen molar-refractivity contribution < 1.29 is 8.42 Å². The monoisotopic (exact) mass is 284 g/mol. The maximum atomic E-state index is 12.2. The highest BCUT2D eigenvalue weighted by Crippen LogP contribution is 2.19. The van der Waals surface area contributed by atoms with Gasteiger partial charge in [-0.3, -0.25) is 0 Å². The van der Waals surface area contributed by atoms with E-state index < -0.39 is 10.0 Å². The highest BCUT2D eigenvalue weighted by molar-refractivity contribution is 7.89. The van der Waals surface area contributed by atoms with E-state index in [2.05, 4.69) is 23.9 Å². The molecule has 0 aliphatic heterocycles. The van der Waals surface area contributed by atoms with Gasteiger partial charge in [-0.25, -0.2) is 13.1 Å². The molecule has 5 heteroatoms. The lowest BCUT2D eigenvalue weighted by Crippen LogP contribution is -2.31. The molecule has 0 heterocycles. The molecule has 0 fully saturated rings. The van der Waals surface area contributed by atoms with Gasteiger partial charge in [0, 0.05) is 18.6 Å². The second-order valence-corrected chi connectivity index (χ2v) is 7.03. The van der Waals surface area contributed by atoms with Crippen LogP contribution in [-0.4, -0.2) is 20.5 Å². The van der Waals surface area contributed by atoms with Crippen molar-refractivity contribution in [3.63, 3.8) is 0 Å². The minimum atomic E-state index is -3.43. The van der Waals surface area contributed by atoms with Gasteiger partial charge in [-0.05, 0) is 38.0 Å². The normalized spacial score (nSPS) is 12.4. The average Bonchev–Trinajstić information content (AvgIpc) is 2.25. The van der Waals surface area contributed by atoms with Crippen LogP contribution in [0.2, 0.25) is 0 Å². The van der Waals surface area contributed by atoms with E-state index in [0.29, 0.717) is 17.5 Å². The van der Waals surface area contributed by atoms with Crippen LogP contribution in [0.25, 0.3) is 0 Å². The first-order valence-electron chi connectivity index (χ1n) is 6.58. The molecular weight excluding hydrogens is 260 g/mol. The quantitative estimate of drug-likeness (QED) is 0.842. The summed E-state index contributed by atoms with van der Waals surface area (Å²) in [6.07, 6.45) is 0. The zero-order chi connectivity index (χ0) is 14.6. The number of hydrogen-bond acceptors (Lipinski definition) is 3. The lowest BCUT2D eigenvalue weighted by molar-refractivity contribution is 0.567. The number of sulfonamides is 1. The summed E-state index contributed by atoms with van der Waals surface area (Å²) < 4.78 is 27.1. The molecule has 1 aromatic carbocycles. The standard InChI is InChI=1S/C14H24N2O2S/c1-10(2)15-9-13-7-6-8-14(12(13)5)19(17,18)16-11(3)4/h6-8,10-11,15-16H,9H2,1-5H3. The van der Waals surface area contributed by atoms with E-state index in [0.717, 1.165) is 11.1 Å². The lowest BCUT2D eigenvalue weighted by atomic mass is 10.1. The van der Waals surface area contributed by atoms with Gasteiger partial charge in [0.25, 0.3) is 0 Å². The van der Waals surface area contributed by atoms with Crippen molar-refractivity contribution >= 4 is 10.0 Å². The highest BCUT2D eigenvalue weighted by atomic mass is 32.2.